The summed E-state index contributed by atoms with van der Waals surface area (Å²) in [5, 5.41) is 5.73. The number of benzene rings is 4. The van der Waals surface area contributed by atoms with E-state index in [2.05, 4.69) is 33.4 Å². The monoisotopic (exact) mass is 435 g/mol. The van der Waals surface area contributed by atoms with Crippen LogP contribution in [-0.2, 0) is 13.2 Å². The molecule has 4 heteroatoms. The largest absolute Gasteiger partial charge is 0.488 e. The highest BCUT2D eigenvalue weighted by Gasteiger charge is 2.10. The van der Waals surface area contributed by atoms with E-state index in [1.807, 2.05) is 54.6 Å². The van der Waals surface area contributed by atoms with Crippen molar-refractivity contribution in [2.24, 2.45) is 0 Å². The third kappa shape index (κ3) is 4.18. The Hall–Kier alpha value is -2.85. The molecule has 0 aliphatic heterocycles. The lowest BCUT2D eigenvalue weighted by atomic mass is 10.0. The van der Waals surface area contributed by atoms with Gasteiger partial charge in [0.1, 0.15) is 18.2 Å². The summed E-state index contributed by atoms with van der Waals surface area (Å²) >= 11 is 3.46. The molecular formula is C24H19BrFNO. The molecule has 0 bridgehead atoms. The second-order valence-corrected chi connectivity index (χ2v) is 7.42. The van der Waals surface area contributed by atoms with Gasteiger partial charge in [-0.1, -0.05) is 64.5 Å². The summed E-state index contributed by atoms with van der Waals surface area (Å²) in [5.74, 6) is 0.504. The molecule has 0 saturated carbocycles. The first kappa shape index (κ1) is 18.5. The number of fused-ring (bicyclic) bond motifs is 1. The molecular weight excluding hydrogens is 417 g/mol. The molecule has 0 fully saturated rings. The Morgan fingerprint density at radius 1 is 0.821 bits per heavy atom. The molecule has 0 aliphatic rings. The van der Waals surface area contributed by atoms with Crippen molar-refractivity contribution in [2.75, 3.05) is 5.32 Å². The van der Waals surface area contributed by atoms with E-state index in [-0.39, 0.29) is 12.4 Å². The molecule has 0 aliphatic carbocycles. The fourth-order valence-electron chi connectivity index (χ4n) is 3.16. The van der Waals surface area contributed by atoms with Gasteiger partial charge in [-0.05, 0) is 47.2 Å². The van der Waals surface area contributed by atoms with Crippen molar-refractivity contribution in [3.05, 3.63) is 106 Å². The summed E-state index contributed by atoms with van der Waals surface area (Å²) in [6.07, 6.45) is 0. The van der Waals surface area contributed by atoms with Crippen LogP contribution in [0.3, 0.4) is 0 Å². The van der Waals surface area contributed by atoms with E-state index < -0.39 is 0 Å². The van der Waals surface area contributed by atoms with Gasteiger partial charge in [-0.25, -0.2) is 4.39 Å². The summed E-state index contributed by atoms with van der Waals surface area (Å²) in [6.45, 7) is 0.798. The first-order valence-electron chi connectivity index (χ1n) is 9.07. The van der Waals surface area contributed by atoms with Gasteiger partial charge in [0.2, 0.25) is 0 Å². The second-order valence-electron chi connectivity index (χ2n) is 6.50. The van der Waals surface area contributed by atoms with Crippen LogP contribution in [0.15, 0.2) is 89.4 Å². The Bertz CT molecular complexity index is 1100. The molecule has 28 heavy (non-hydrogen) atoms. The van der Waals surface area contributed by atoms with Gasteiger partial charge in [0.05, 0.1) is 0 Å². The van der Waals surface area contributed by atoms with E-state index >= 15 is 0 Å². The van der Waals surface area contributed by atoms with E-state index in [9.17, 15) is 4.39 Å². The number of hydrogen-bond donors (Lipinski definition) is 1. The average molecular weight is 436 g/mol. The van der Waals surface area contributed by atoms with Crippen LogP contribution < -0.4 is 10.1 Å². The van der Waals surface area contributed by atoms with Crippen molar-refractivity contribution in [1.29, 1.82) is 0 Å². The highest BCUT2D eigenvalue weighted by atomic mass is 79.9. The smallest absolute Gasteiger partial charge is 0.129 e. The number of nitrogens with one attached hydrogen (secondary N) is 1. The zero-order valence-corrected chi connectivity index (χ0v) is 16.7. The number of hydrogen-bond acceptors (Lipinski definition) is 2. The average Bonchev–Trinajstić information content (AvgIpc) is 2.73. The number of halogens is 2. The maximum atomic E-state index is 14.0. The molecule has 0 aromatic heterocycles. The van der Waals surface area contributed by atoms with Gasteiger partial charge in [0.25, 0.3) is 0 Å². The van der Waals surface area contributed by atoms with Crippen LogP contribution in [-0.4, -0.2) is 0 Å². The molecule has 0 unspecified atom stereocenters. The molecule has 140 valence electrons. The van der Waals surface area contributed by atoms with Crippen molar-refractivity contribution in [1.82, 2.24) is 0 Å². The fraction of sp³-hybridized carbons (Fsp3) is 0.0833. The first-order valence-corrected chi connectivity index (χ1v) is 9.86. The van der Waals surface area contributed by atoms with E-state index in [4.69, 9.17) is 4.74 Å². The van der Waals surface area contributed by atoms with Crippen molar-refractivity contribution in [3.63, 3.8) is 0 Å². The number of ether oxygens (including phenoxy) is 1. The first-order chi connectivity index (χ1) is 13.7. The van der Waals surface area contributed by atoms with E-state index in [1.165, 1.54) is 6.07 Å². The van der Waals surface area contributed by atoms with Crippen LogP contribution in [0.4, 0.5) is 10.1 Å². The van der Waals surface area contributed by atoms with Crippen LogP contribution in [0.2, 0.25) is 0 Å². The fourth-order valence-corrected chi connectivity index (χ4v) is 3.43. The summed E-state index contributed by atoms with van der Waals surface area (Å²) in [5.41, 5.74) is 2.62. The van der Waals surface area contributed by atoms with Crippen LogP contribution >= 0.6 is 15.9 Å². The maximum Gasteiger partial charge on any atom is 0.129 e. The summed E-state index contributed by atoms with van der Waals surface area (Å²) < 4.78 is 21.0. The Balaban J connectivity index is 1.62. The van der Waals surface area contributed by atoms with Crippen molar-refractivity contribution in [3.8, 4) is 5.75 Å². The molecule has 4 aromatic carbocycles. The molecule has 4 aromatic rings. The molecule has 0 atom stereocenters. The Morgan fingerprint density at radius 3 is 2.39 bits per heavy atom. The van der Waals surface area contributed by atoms with Gasteiger partial charge < -0.3 is 10.1 Å². The molecule has 4 rings (SSSR count). The van der Waals surface area contributed by atoms with Gasteiger partial charge in [0.15, 0.2) is 0 Å². The Labute approximate surface area is 172 Å². The van der Waals surface area contributed by atoms with Crippen molar-refractivity contribution < 1.29 is 9.13 Å². The standard InChI is InChI=1S/C24H19BrFNO/c25-19-10-12-20(13-11-19)27-15-22-21-7-3-1-5-17(21)9-14-24(22)28-16-18-6-2-4-8-23(18)26/h1-14,27H,15-16H2. The van der Waals surface area contributed by atoms with Gasteiger partial charge >= 0.3 is 0 Å². The zero-order valence-electron chi connectivity index (χ0n) is 15.2. The molecule has 0 spiro atoms. The molecule has 1 N–H and O–H groups in total. The van der Waals surface area contributed by atoms with Crippen LogP contribution in [0, 0.1) is 5.82 Å². The molecule has 2 nitrogen and oxygen atoms in total. The predicted octanol–water partition coefficient (Wildman–Crippen LogP) is 6.93. The normalized spacial score (nSPS) is 10.8. The third-order valence-electron chi connectivity index (χ3n) is 4.65. The number of rotatable bonds is 6. The van der Waals surface area contributed by atoms with Gasteiger partial charge in [-0.2, -0.15) is 0 Å². The van der Waals surface area contributed by atoms with Gasteiger partial charge in [0, 0.05) is 27.8 Å². The topological polar surface area (TPSA) is 21.3 Å². The minimum absolute atomic E-state index is 0.191. The minimum Gasteiger partial charge on any atom is -0.488 e. The van der Waals surface area contributed by atoms with Crippen molar-refractivity contribution >= 4 is 32.4 Å². The van der Waals surface area contributed by atoms with Crippen LogP contribution in [0.5, 0.6) is 5.75 Å². The molecule has 0 saturated heterocycles. The lowest BCUT2D eigenvalue weighted by Crippen LogP contribution is -2.05. The highest BCUT2D eigenvalue weighted by molar-refractivity contribution is 9.10. The number of anilines is 1. The van der Waals surface area contributed by atoms with Gasteiger partial charge in [-0.15, -0.1) is 0 Å². The SMILES string of the molecule is Fc1ccccc1COc1ccc2ccccc2c1CNc1ccc(Br)cc1. The minimum atomic E-state index is -0.252. The zero-order chi connectivity index (χ0) is 19.3. The lowest BCUT2D eigenvalue weighted by molar-refractivity contribution is 0.297. The van der Waals surface area contributed by atoms with Crippen LogP contribution in [0.1, 0.15) is 11.1 Å². The van der Waals surface area contributed by atoms with Crippen LogP contribution in [0.25, 0.3) is 10.8 Å². The van der Waals surface area contributed by atoms with Crippen molar-refractivity contribution in [2.45, 2.75) is 13.2 Å². The Kier molecular flexibility index (Phi) is 5.58. The lowest BCUT2D eigenvalue weighted by Gasteiger charge is -2.16. The van der Waals surface area contributed by atoms with E-state index in [0.29, 0.717) is 12.1 Å². The highest BCUT2D eigenvalue weighted by Crippen LogP contribution is 2.30. The van der Waals surface area contributed by atoms with Gasteiger partial charge in [-0.3, -0.25) is 0 Å². The summed E-state index contributed by atoms with van der Waals surface area (Å²) in [7, 11) is 0. The van der Waals surface area contributed by atoms with E-state index in [0.717, 1.165) is 32.2 Å². The molecule has 0 amide bonds. The van der Waals surface area contributed by atoms with E-state index in [1.54, 1.807) is 12.1 Å². The molecule has 0 heterocycles. The summed E-state index contributed by atoms with van der Waals surface area (Å²) in [4.78, 5) is 0. The quantitative estimate of drug-likeness (QED) is 0.354. The third-order valence-corrected chi connectivity index (χ3v) is 5.18. The molecule has 0 radical (unpaired) electrons. The Morgan fingerprint density at radius 2 is 1.57 bits per heavy atom. The predicted molar refractivity (Wildman–Crippen MR) is 116 cm³/mol. The summed E-state index contributed by atoms with van der Waals surface area (Å²) in [6, 6.07) is 27.0. The maximum absolute atomic E-state index is 14.0. The second kappa shape index (κ2) is 8.44.